The molecule has 2 aliphatic rings. The van der Waals surface area contributed by atoms with Crippen LogP contribution in [0.5, 0.6) is 0 Å². The minimum absolute atomic E-state index is 0.0410. The highest BCUT2D eigenvalue weighted by Crippen LogP contribution is 2.37. The molecule has 1 N–H and O–H groups in total. The number of rotatable bonds is 5. The van der Waals surface area contributed by atoms with Gasteiger partial charge >= 0.3 is 6.18 Å². The Balaban J connectivity index is 1.66. The SMILES string of the molecule is O=C(CSc1nc2sc3c(c2c(=O)n1C1CCCC1)CCCC3)NCC(F)(F)F. The summed E-state index contributed by atoms with van der Waals surface area (Å²) in [5.41, 5.74) is 1.07. The van der Waals surface area contributed by atoms with Crippen molar-refractivity contribution in [3.63, 3.8) is 0 Å². The third-order valence-corrected chi connectivity index (χ3v) is 7.64. The standard InChI is InChI=1S/C19H22F3N3O2S2/c20-19(21,22)10-23-14(26)9-28-18-24-16-15(12-7-3-4-8-13(12)29-16)17(27)25(18)11-5-1-2-6-11/h11H,1-10H2,(H,23,26). The normalized spacial score (nSPS) is 17.6. The second-order valence-corrected chi connectivity index (χ2v) is 9.61. The molecule has 0 aromatic carbocycles. The van der Waals surface area contributed by atoms with E-state index in [1.54, 1.807) is 15.9 Å². The van der Waals surface area contributed by atoms with E-state index in [9.17, 15) is 22.8 Å². The highest BCUT2D eigenvalue weighted by molar-refractivity contribution is 7.99. The average molecular weight is 446 g/mol. The van der Waals surface area contributed by atoms with Crippen LogP contribution in [0.4, 0.5) is 13.2 Å². The minimum Gasteiger partial charge on any atom is -0.346 e. The third-order valence-electron chi connectivity index (χ3n) is 5.50. The fourth-order valence-electron chi connectivity index (χ4n) is 4.17. The largest absolute Gasteiger partial charge is 0.405 e. The topological polar surface area (TPSA) is 64.0 Å². The quantitative estimate of drug-likeness (QED) is 0.553. The van der Waals surface area contributed by atoms with E-state index in [4.69, 9.17) is 4.98 Å². The second-order valence-electron chi connectivity index (χ2n) is 7.58. The first kappa shape index (κ1) is 20.7. The first-order valence-electron chi connectivity index (χ1n) is 9.86. The van der Waals surface area contributed by atoms with Gasteiger partial charge in [0.2, 0.25) is 5.91 Å². The van der Waals surface area contributed by atoms with E-state index < -0.39 is 18.6 Å². The predicted octanol–water partition coefficient (Wildman–Crippen LogP) is 4.22. The van der Waals surface area contributed by atoms with Crippen LogP contribution in [0.15, 0.2) is 9.95 Å². The summed E-state index contributed by atoms with van der Waals surface area (Å²) in [6, 6.07) is 0.0410. The minimum atomic E-state index is -4.44. The molecule has 0 saturated heterocycles. The monoisotopic (exact) mass is 445 g/mol. The fraction of sp³-hybridized carbons (Fsp3) is 0.632. The Bertz CT molecular complexity index is 978. The summed E-state index contributed by atoms with van der Waals surface area (Å²) >= 11 is 2.59. The molecule has 0 bridgehead atoms. The van der Waals surface area contributed by atoms with Gasteiger partial charge < -0.3 is 5.32 Å². The van der Waals surface area contributed by atoms with Gasteiger partial charge in [-0.25, -0.2) is 4.98 Å². The van der Waals surface area contributed by atoms with E-state index in [1.165, 1.54) is 4.88 Å². The van der Waals surface area contributed by atoms with Crippen molar-refractivity contribution >= 4 is 39.2 Å². The van der Waals surface area contributed by atoms with E-state index in [0.717, 1.165) is 68.7 Å². The van der Waals surface area contributed by atoms with Gasteiger partial charge in [0.1, 0.15) is 11.4 Å². The number of aryl methyl sites for hydroxylation is 2. The molecular formula is C19H22F3N3O2S2. The van der Waals surface area contributed by atoms with Gasteiger partial charge in [-0.3, -0.25) is 14.2 Å². The lowest BCUT2D eigenvalue weighted by Crippen LogP contribution is -2.35. The van der Waals surface area contributed by atoms with Crippen LogP contribution < -0.4 is 10.9 Å². The molecule has 1 saturated carbocycles. The zero-order chi connectivity index (χ0) is 20.6. The number of aromatic nitrogens is 2. The molecule has 0 unspecified atom stereocenters. The highest BCUT2D eigenvalue weighted by Gasteiger charge is 2.29. The predicted molar refractivity (Wildman–Crippen MR) is 108 cm³/mol. The number of nitrogens with zero attached hydrogens (tertiary/aromatic N) is 2. The molecule has 158 valence electrons. The zero-order valence-corrected chi connectivity index (χ0v) is 17.4. The van der Waals surface area contributed by atoms with Crippen LogP contribution in [-0.2, 0) is 17.6 Å². The van der Waals surface area contributed by atoms with Crippen molar-refractivity contribution < 1.29 is 18.0 Å². The molecule has 29 heavy (non-hydrogen) atoms. The van der Waals surface area contributed by atoms with Crippen LogP contribution in [-0.4, -0.2) is 33.9 Å². The summed E-state index contributed by atoms with van der Waals surface area (Å²) in [6.07, 6.45) is 3.42. The average Bonchev–Trinajstić information content (AvgIpc) is 3.31. The molecule has 2 aliphatic carbocycles. The molecule has 1 amide bonds. The maximum atomic E-state index is 13.4. The van der Waals surface area contributed by atoms with Gasteiger partial charge in [0.15, 0.2) is 5.16 Å². The summed E-state index contributed by atoms with van der Waals surface area (Å²) in [5, 5.41) is 3.03. The zero-order valence-electron chi connectivity index (χ0n) is 15.8. The van der Waals surface area contributed by atoms with Gasteiger partial charge in [-0.1, -0.05) is 24.6 Å². The number of hydrogen-bond donors (Lipinski definition) is 1. The summed E-state index contributed by atoms with van der Waals surface area (Å²) in [6.45, 7) is -1.36. The van der Waals surface area contributed by atoms with Crippen LogP contribution in [0, 0.1) is 0 Å². The van der Waals surface area contributed by atoms with Crippen molar-refractivity contribution in [3.05, 3.63) is 20.8 Å². The van der Waals surface area contributed by atoms with Gasteiger partial charge in [-0.2, -0.15) is 13.2 Å². The number of amides is 1. The molecular weight excluding hydrogens is 423 g/mol. The van der Waals surface area contributed by atoms with Crippen molar-refractivity contribution in [2.75, 3.05) is 12.3 Å². The maximum Gasteiger partial charge on any atom is 0.405 e. The van der Waals surface area contributed by atoms with E-state index >= 15 is 0 Å². The summed E-state index contributed by atoms with van der Waals surface area (Å²) in [5.74, 6) is -0.920. The first-order chi connectivity index (χ1) is 13.8. The molecule has 2 aromatic rings. The van der Waals surface area contributed by atoms with Crippen LogP contribution >= 0.6 is 23.1 Å². The first-order valence-corrected chi connectivity index (χ1v) is 11.7. The van der Waals surface area contributed by atoms with E-state index in [1.807, 2.05) is 5.32 Å². The van der Waals surface area contributed by atoms with Crippen LogP contribution in [0.2, 0.25) is 0 Å². The second kappa shape index (κ2) is 8.29. The Morgan fingerprint density at radius 1 is 1.21 bits per heavy atom. The number of carbonyl (C=O) groups is 1. The Hall–Kier alpha value is -1.55. The van der Waals surface area contributed by atoms with Crippen molar-refractivity contribution in [1.82, 2.24) is 14.9 Å². The van der Waals surface area contributed by atoms with Gasteiger partial charge in [-0.05, 0) is 44.1 Å². The Labute approximate surface area is 174 Å². The maximum absolute atomic E-state index is 13.4. The van der Waals surface area contributed by atoms with E-state index in [-0.39, 0.29) is 17.4 Å². The molecule has 4 rings (SSSR count). The number of fused-ring (bicyclic) bond motifs is 3. The fourth-order valence-corrected chi connectivity index (χ4v) is 6.36. The lowest BCUT2D eigenvalue weighted by Gasteiger charge is -2.18. The number of alkyl halides is 3. The van der Waals surface area contributed by atoms with Crippen molar-refractivity contribution in [2.24, 2.45) is 0 Å². The molecule has 2 aromatic heterocycles. The van der Waals surface area contributed by atoms with Crippen molar-refractivity contribution in [2.45, 2.75) is 68.7 Å². The summed E-state index contributed by atoms with van der Waals surface area (Å²) < 4.78 is 38.6. The molecule has 0 spiro atoms. The van der Waals surface area contributed by atoms with Gasteiger partial charge in [0, 0.05) is 10.9 Å². The van der Waals surface area contributed by atoms with Crippen LogP contribution in [0.25, 0.3) is 10.2 Å². The van der Waals surface area contributed by atoms with Crippen molar-refractivity contribution in [3.8, 4) is 0 Å². The van der Waals surface area contributed by atoms with Gasteiger partial charge in [-0.15, -0.1) is 11.3 Å². The number of carbonyl (C=O) groups excluding carboxylic acids is 1. The number of thioether (sulfide) groups is 1. The smallest absolute Gasteiger partial charge is 0.346 e. The number of halogens is 3. The number of thiophene rings is 1. The highest BCUT2D eigenvalue weighted by atomic mass is 32.2. The third kappa shape index (κ3) is 4.47. The Morgan fingerprint density at radius 3 is 2.66 bits per heavy atom. The lowest BCUT2D eigenvalue weighted by atomic mass is 9.97. The molecule has 0 radical (unpaired) electrons. The van der Waals surface area contributed by atoms with Gasteiger partial charge in [0.25, 0.3) is 5.56 Å². The number of hydrogen-bond acceptors (Lipinski definition) is 5. The molecule has 0 aliphatic heterocycles. The summed E-state index contributed by atoms with van der Waals surface area (Å²) in [7, 11) is 0. The summed E-state index contributed by atoms with van der Waals surface area (Å²) in [4.78, 5) is 31.9. The van der Waals surface area contributed by atoms with E-state index in [2.05, 4.69) is 0 Å². The van der Waals surface area contributed by atoms with Crippen molar-refractivity contribution in [1.29, 1.82) is 0 Å². The van der Waals surface area contributed by atoms with Gasteiger partial charge in [0.05, 0.1) is 11.1 Å². The Kier molecular flexibility index (Phi) is 5.92. The van der Waals surface area contributed by atoms with Crippen LogP contribution in [0.3, 0.4) is 0 Å². The van der Waals surface area contributed by atoms with Crippen LogP contribution in [0.1, 0.15) is 55.0 Å². The Morgan fingerprint density at radius 2 is 1.93 bits per heavy atom. The molecule has 2 heterocycles. The molecule has 10 heteroatoms. The molecule has 1 fully saturated rings. The van der Waals surface area contributed by atoms with E-state index in [0.29, 0.717) is 15.4 Å². The number of nitrogens with one attached hydrogen (secondary N) is 1. The molecule has 0 atom stereocenters. The lowest BCUT2D eigenvalue weighted by molar-refractivity contribution is -0.136. The molecule has 5 nitrogen and oxygen atoms in total.